The van der Waals surface area contributed by atoms with Gasteiger partial charge in [-0.25, -0.2) is 9.97 Å². The zero-order valence-electron chi connectivity index (χ0n) is 9.50. The molecular weight excluding hydrogens is 206 g/mol. The van der Waals surface area contributed by atoms with Gasteiger partial charge in [-0.05, 0) is 30.9 Å². The number of nitrogens with two attached hydrogens (primary N) is 1. The van der Waals surface area contributed by atoms with Crippen molar-refractivity contribution in [2.45, 2.75) is 38.3 Å². The van der Waals surface area contributed by atoms with Crippen LogP contribution in [0.5, 0.6) is 0 Å². The second-order valence-electron chi connectivity index (χ2n) is 4.86. The third-order valence-electron chi connectivity index (χ3n) is 2.98. The number of aryl methyl sites for hydroxylation is 1. The summed E-state index contributed by atoms with van der Waals surface area (Å²) in [6, 6.07) is 0. The third kappa shape index (κ3) is 2.09. The molecule has 2 N–H and O–H groups in total. The molecule has 2 rings (SSSR count). The molecule has 0 saturated heterocycles. The first kappa shape index (κ1) is 10.7. The lowest BCUT2D eigenvalue weighted by atomic mass is 9.76. The van der Waals surface area contributed by atoms with Crippen LogP contribution in [0.1, 0.15) is 31.5 Å². The summed E-state index contributed by atoms with van der Waals surface area (Å²) in [5, 5.41) is 0.797. The highest BCUT2D eigenvalue weighted by Crippen LogP contribution is 2.36. The monoisotopic (exact) mass is 223 g/mol. The average molecular weight is 223 g/mol. The molecule has 15 heavy (non-hydrogen) atoms. The van der Waals surface area contributed by atoms with Gasteiger partial charge in [0.05, 0.1) is 5.69 Å². The minimum absolute atomic E-state index is 0.339. The van der Waals surface area contributed by atoms with E-state index in [4.69, 9.17) is 5.73 Å². The smallest absolute Gasteiger partial charge is 0.189 e. The molecule has 0 saturated carbocycles. The second-order valence-corrected chi connectivity index (χ2v) is 5.64. The molecule has 0 radical (unpaired) electrons. The van der Waals surface area contributed by atoms with Crippen LogP contribution in [0.15, 0.2) is 5.16 Å². The van der Waals surface area contributed by atoms with Crippen molar-refractivity contribution in [3.05, 3.63) is 11.3 Å². The molecule has 1 aromatic heterocycles. The molecule has 0 atom stereocenters. The molecule has 0 aliphatic heterocycles. The van der Waals surface area contributed by atoms with E-state index in [9.17, 15) is 0 Å². The Kier molecular flexibility index (Phi) is 2.63. The molecule has 0 aromatic carbocycles. The Morgan fingerprint density at radius 2 is 2.07 bits per heavy atom. The molecule has 0 unspecified atom stereocenters. The maximum atomic E-state index is 5.97. The van der Waals surface area contributed by atoms with Crippen LogP contribution >= 0.6 is 11.8 Å². The number of nitrogens with zero attached hydrogens (tertiary/aromatic N) is 2. The molecule has 0 spiro atoms. The molecule has 0 amide bonds. The Balaban J connectivity index is 2.44. The van der Waals surface area contributed by atoms with Crippen LogP contribution in [0.3, 0.4) is 0 Å². The number of fused-ring (bicyclic) bond motifs is 1. The maximum absolute atomic E-state index is 5.97. The maximum Gasteiger partial charge on any atom is 0.189 e. The largest absolute Gasteiger partial charge is 0.383 e. The first-order valence-corrected chi connectivity index (χ1v) is 6.43. The lowest BCUT2D eigenvalue weighted by molar-refractivity contribution is 0.311. The fraction of sp³-hybridized carbons (Fsp3) is 0.636. The minimum Gasteiger partial charge on any atom is -0.383 e. The minimum atomic E-state index is 0.339. The van der Waals surface area contributed by atoms with Gasteiger partial charge in [0.15, 0.2) is 5.16 Å². The fourth-order valence-corrected chi connectivity index (χ4v) is 2.43. The molecule has 1 aromatic rings. The van der Waals surface area contributed by atoms with Crippen LogP contribution in [0, 0.1) is 5.41 Å². The summed E-state index contributed by atoms with van der Waals surface area (Å²) in [5.74, 6) is 0.678. The van der Waals surface area contributed by atoms with E-state index in [1.54, 1.807) is 11.8 Å². The predicted molar refractivity (Wildman–Crippen MR) is 64.0 cm³/mol. The zero-order chi connectivity index (χ0) is 11.1. The number of aromatic nitrogens is 2. The molecule has 1 aliphatic rings. The predicted octanol–water partition coefficient (Wildman–Crippen LogP) is 2.30. The lowest BCUT2D eigenvalue weighted by Crippen LogP contribution is -2.24. The van der Waals surface area contributed by atoms with Crippen molar-refractivity contribution in [1.29, 1.82) is 0 Å². The van der Waals surface area contributed by atoms with E-state index in [2.05, 4.69) is 23.8 Å². The first-order chi connectivity index (χ1) is 7.02. The van der Waals surface area contributed by atoms with Gasteiger partial charge < -0.3 is 5.73 Å². The standard InChI is InChI=1S/C11H17N3S/c1-11(2)5-4-8-7(6-11)9(12)14-10(13-8)15-3/h4-6H2,1-3H3,(H2,12,13,14). The number of nitrogen functional groups attached to an aromatic ring is 1. The van der Waals surface area contributed by atoms with Crippen LogP contribution in [0.2, 0.25) is 0 Å². The van der Waals surface area contributed by atoms with Gasteiger partial charge in [-0.2, -0.15) is 0 Å². The Labute approximate surface area is 94.9 Å². The SMILES string of the molecule is CSc1nc(N)c2c(n1)CCC(C)(C)C2. The van der Waals surface area contributed by atoms with Crippen LogP contribution < -0.4 is 5.73 Å². The van der Waals surface area contributed by atoms with Gasteiger partial charge in [-0.15, -0.1) is 0 Å². The summed E-state index contributed by atoms with van der Waals surface area (Å²) in [7, 11) is 0. The van der Waals surface area contributed by atoms with Crippen molar-refractivity contribution in [3.8, 4) is 0 Å². The van der Waals surface area contributed by atoms with Crippen molar-refractivity contribution in [1.82, 2.24) is 9.97 Å². The van der Waals surface area contributed by atoms with E-state index in [1.165, 1.54) is 12.0 Å². The van der Waals surface area contributed by atoms with Crippen molar-refractivity contribution in [2.75, 3.05) is 12.0 Å². The molecule has 1 heterocycles. The third-order valence-corrected chi connectivity index (χ3v) is 3.53. The van der Waals surface area contributed by atoms with Crippen molar-refractivity contribution >= 4 is 17.6 Å². The number of anilines is 1. The highest BCUT2D eigenvalue weighted by Gasteiger charge is 2.28. The van der Waals surface area contributed by atoms with Gasteiger partial charge in [0.25, 0.3) is 0 Å². The highest BCUT2D eigenvalue weighted by molar-refractivity contribution is 7.98. The molecule has 82 valence electrons. The van der Waals surface area contributed by atoms with Crippen LogP contribution in [-0.4, -0.2) is 16.2 Å². The molecule has 4 heteroatoms. The number of hydrogen-bond donors (Lipinski definition) is 1. The van der Waals surface area contributed by atoms with Crippen LogP contribution in [0.25, 0.3) is 0 Å². The topological polar surface area (TPSA) is 51.8 Å². The van der Waals surface area contributed by atoms with Gasteiger partial charge in [0.2, 0.25) is 0 Å². The van der Waals surface area contributed by atoms with Crippen molar-refractivity contribution in [3.63, 3.8) is 0 Å². The van der Waals surface area contributed by atoms with Crippen LogP contribution in [-0.2, 0) is 12.8 Å². The number of rotatable bonds is 1. The van der Waals surface area contributed by atoms with Crippen LogP contribution in [0.4, 0.5) is 5.82 Å². The second kappa shape index (κ2) is 3.67. The van der Waals surface area contributed by atoms with E-state index < -0.39 is 0 Å². The van der Waals surface area contributed by atoms with Crippen molar-refractivity contribution in [2.24, 2.45) is 5.41 Å². The Hall–Kier alpha value is -0.770. The first-order valence-electron chi connectivity index (χ1n) is 5.21. The summed E-state index contributed by atoms with van der Waals surface area (Å²) in [6.07, 6.45) is 5.20. The van der Waals surface area contributed by atoms with Gasteiger partial charge in [0, 0.05) is 5.56 Å². The summed E-state index contributed by atoms with van der Waals surface area (Å²) in [5.41, 5.74) is 8.64. The van der Waals surface area contributed by atoms with E-state index in [0.717, 1.165) is 23.7 Å². The molecule has 0 fully saturated rings. The Morgan fingerprint density at radius 1 is 1.33 bits per heavy atom. The molecular formula is C11H17N3S. The fourth-order valence-electron chi connectivity index (χ4n) is 2.04. The van der Waals surface area contributed by atoms with E-state index in [0.29, 0.717) is 11.2 Å². The molecule has 1 aliphatic carbocycles. The molecule has 0 bridgehead atoms. The zero-order valence-corrected chi connectivity index (χ0v) is 10.3. The average Bonchev–Trinajstić information content (AvgIpc) is 2.18. The Bertz CT molecular complexity index is 388. The molecule has 3 nitrogen and oxygen atoms in total. The summed E-state index contributed by atoms with van der Waals surface area (Å²) in [4.78, 5) is 8.83. The van der Waals surface area contributed by atoms with E-state index in [1.807, 2.05) is 6.26 Å². The van der Waals surface area contributed by atoms with E-state index >= 15 is 0 Å². The number of thioether (sulfide) groups is 1. The van der Waals surface area contributed by atoms with Gasteiger partial charge in [-0.3, -0.25) is 0 Å². The van der Waals surface area contributed by atoms with Gasteiger partial charge in [0.1, 0.15) is 5.82 Å². The van der Waals surface area contributed by atoms with Gasteiger partial charge >= 0.3 is 0 Å². The number of hydrogen-bond acceptors (Lipinski definition) is 4. The summed E-state index contributed by atoms with van der Waals surface area (Å²) in [6.45, 7) is 4.55. The quantitative estimate of drug-likeness (QED) is 0.586. The lowest BCUT2D eigenvalue weighted by Gasteiger charge is -2.31. The highest BCUT2D eigenvalue weighted by atomic mass is 32.2. The Morgan fingerprint density at radius 3 is 2.73 bits per heavy atom. The van der Waals surface area contributed by atoms with Gasteiger partial charge in [-0.1, -0.05) is 25.6 Å². The van der Waals surface area contributed by atoms with E-state index in [-0.39, 0.29) is 0 Å². The summed E-state index contributed by atoms with van der Waals surface area (Å²) >= 11 is 1.55. The van der Waals surface area contributed by atoms with Crippen molar-refractivity contribution < 1.29 is 0 Å². The normalized spacial score (nSPS) is 18.6. The summed E-state index contributed by atoms with van der Waals surface area (Å²) < 4.78 is 0.